The molecule has 8 heteroatoms. The van der Waals surface area contributed by atoms with Gasteiger partial charge in [0, 0.05) is 0 Å². The first kappa shape index (κ1) is 24.4. The molecule has 0 unspecified atom stereocenters. The van der Waals surface area contributed by atoms with E-state index in [0.717, 1.165) is 6.42 Å². The van der Waals surface area contributed by atoms with Gasteiger partial charge in [0.15, 0.2) is 11.5 Å². The summed E-state index contributed by atoms with van der Waals surface area (Å²) in [6.45, 7) is 2.40. The number of anilines is 2. The van der Waals surface area contributed by atoms with E-state index in [4.69, 9.17) is 9.47 Å². The summed E-state index contributed by atoms with van der Waals surface area (Å²) in [7, 11) is 1.50. The molecule has 6 nitrogen and oxygen atoms in total. The van der Waals surface area contributed by atoms with E-state index >= 15 is 0 Å². The molecule has 2 amide bonds. The second kappa shape index (κ2) is 11.6. The number of benzene rings is 3. The summed E-state index contributed by atoms with van der Waals surface area (Å²) in [5.74, 6) is -2.15. The first-order valence-electron chi connectivity index (χ1n) is 10.6. The minimum atomic E-state index is -0.870. The third kappa shape index (κ3) is 6.19. The van der Waals surface area contributed by atoms with Crippen molar-refractivity contribution in [3.63, 3.8) is 0 Å². The van der Waals surface area contributed by atoms with E-state index in [0.29, 0.717) is 23.7 Å². The van der Waals surface area contributed by atoms with Gasteiger partial charge in [0.2, 0.25) is 0 Å². The number of halogens is 2. The molecule has 0 atom stereocenters. The Balaban J connectivity index is 1.99. The quantitative estimate of drug-likeness (QED) is 0.251. The molecule has 0 spiro atoms. The van der Waals surface area contributed by atoms with Crippen LogP contribution in [0.25, 0.3) is 6.08 Å². The highest BCUT2D eigenvalue weighted by Gasteiger charge is 2.21. The van der Waals surface area contributed by atoms with Crippen molar-refractivity contribution >= 4 is 29.3 Å². The highest BCUT2D eigenvalue weighted by molar-refractivity contribution is 6.28. The normalized spacial score (nSPS) is 10.2. The fraction of sp³-hybridized carbons (Fsp3) is 0.154. The van der Waals surface area contributed by atoms with Gasteiger partial charge < -0.3 is 20.1 Å². The van der Waals surface area contributed by atoms with E-state index in [2.05, 4.69) is 10.6 Å². The van der Waals surface area contributed by atoms with E-state index in [-0.39, 0.29) is 16.9 Å². The Morgan fingerprint density at radius 2 is 1.41 bits per heavy atom. The molecule has 3 aromatic carbocycles. The fourth-order valence-electron chi connectivity index (χ4n) is 3.01. The molecule has 0 bridgehead atoms. The van der Waals surface area contributed by atoms with Gasteiger partial charge in [-0.3, -0.25) is 9.59 Å². The third-order valence-corrected chi connectivity index (χ3v) is 4.69. The fourth-order valence-corrected chi connectivity index (χ4v) is 3.01. The zero-order valence-electron chi connectivity index (χ0n) is 18.7. The Kier molecular flexibility index (Phi) is 8.34. The molecule has 3 rings (SSSR count). The SMILES string of the molecule is CCCOc1cc(C=C(C(=O)Nc2ccccc2F)C(=O)Nc2ccccc2F)ccc1OC. The van der Waals surface area contributed by atoms with Crippen LogP contribution in [-0.4, -0.2) is 25.5 Å². The maximum Gasteiger partial charge on any atom is 0.261 e. The monoisotopic (exact) mass is 466 g/mol. The molecule has 0 aliphatic rings. The zero-order chi connectivity index (χ0) is 24.5. The van der Waals surface area contributed by atoms with Crippen LogP contribution in [0.15, 0.2) is 72.3 Å². The van der Waals surface area contributed by atoms with Crippen LogP contribution in [0.2, 0.25) is 0 Å². The summed E-state index contributed by atoms with van der Waals surface area (Å²) in [4.78, 5) is 26.0. The molecule has 34 heavy (non-hydrogen) atoms. The molecular formula is C26H24F2N2O4. The van der Waals surface area contributed by atoms with Crippen LogP contribution in [0.1, 0.15) is 18.9 Å². The second-order valence-electron chi connectivity index (χ2n) is 7.18. The first-order valence-corrected chi connectivity index (χ1v) is 10.6. The topological polar surface area (TPSA) is 76.7 Å². The number of para-hydroxylation sites is 2. The van der Waals surface area contributed by atoms with Gasteiger partial charge in [-0.15, -0.1) is 0 Å². The number of hydrogen-bond donors (Lipinski definition) is 2. The molecule has 0 aliphatic carbocycles. The van der Waals surface area contributed by atoms with Crippen molar-refractivity contribution in [1.82, 2.24) is 0 Å². The van der Waals surface area contributed by atoms with Crippen LogP contribution in [0.4, 0.5) is 20.2 Å². The molecule has 0 aromatic heterocycles. The third-order valence-electron chi connectivity index (χ3n) is 4.69. The predicted octanol–water partition coefficient (Wildman–Crippen LogP) is 5.42. The number of methoxy groups -OCH3 is 1. The maximum absolute atomic E-state index is 14.1. The van der Waals surface area contributed by atoms with Crippen molar-refractivity contribution in [3.8, 4) is 11.5 Å². The number of carbonyl (C=O) groups excluding carboxylic acids is 2. The molecule has 0 fully saturated rings. The van der Waals surface area contributed by atoms with Gasteiger partial charge in [-0.05, 0) is 54.5 Å². The van der Waals surface area contributed by atoms with E-state index in [1.807, 2.05) is 6.92 Å². The number of nitrogens with one attached hydrogen (secondary N) is 2. The summed E-state index contributed by atoms with van der Waals surface area (Å²) in [5, 5.41) is 4.78. The summed E-state index contributed by atoms with van der Waals surface area (Å²) in [5.41, 5.74) is -0.107. The van der Waals surface area contributed by atoms with Crippen LogP contribution in [0.5, 0.6) is 11.5 Å². The lowest BCUT2D eigenvalue weighted by molar-refractivity contribution is -0.118. The lowest BCUT2D eigenvalue weighted by atomic mass is 10.1. The lowest BCUT2D eigenvalue weighted by Gasteiger charge is -2.13. The molecular weight excluding hydrogens is 442 g/mol. The summed E-state index contributed by atoms with van der Waals surface area (Å²) in [6.07, 6.45) is 2.08. The van der Waals surface area contributed by atoms with Gasteiger partial charge in [-0.2, -0.15) is 0 Å². The smallest absolute Gasteiger partial charge is 0.261 e. The number of carbonyl (C=O) groups is 2. The van der Waals surface area contributed by atoms with Gasteiger partial charge in [-0.25, -0.2) is 8.78 Å². The first-order chi connectivity index (χ1) is 16.4. The van der Waals surface area contributed by atoms with Crippen LogP contribution >= 0.6 is 0 Å². The lowest BCUT2D eigenvalue weighted by Crippen LogP contribution is -2.26. The minimum Gasteiger partial charge on any atom is -0.493 e. The Morgan fingerprint density at radius 1 is 0.853 bits per heavy atom. The van der Waals surface area contributed by atoms with Crippen LogP contribution in [0.3, 0.4) is 0 Å². The molecule has 0 radical (unpaired) electrons. The Hall–Kier alpha value is -4.20. The second-order valence-corrected chi connectivity index (χ2v) is 7.18. The van der Waals surface area contributed by atoms with Crippen molar-refractivity contribution in [2.75, 3.05) is 24.4 Å². The van der Waals surface area contributed by atoms with E-state index < -0.39 is 23.4 Å². The van der Waals surface area contributed by atoms with Gasteiger partial charge in [0.25, 0.3) is 11.8 Å². The Labute approximate surface area is 196 Å². The van der Waals surface area contributed by atoms with Gasteiger partial charge in [0.1, 0.15) is 17.2 Å². The van der Waals surface area contributed by atoms with Crippen LogP contribution < -0.4 is 20.1 Å². The highest BCUT2D eigenvalue weighted by atomic mass is 19.1. The van der Waals surface area contributed by atoms with E-state index in [1.54, 1.807) is 30.3 Å². The van der Waals surface area contributed by atoms with Crippen LogP contribution in [0, 0.1) is 11.6 Å². The minimum absolute atomic E-state index is 0.0983. The molecule has 2 N–H and O–H groups in total. The Morgan fingerprint density at radius 3 is 1.91 bits per heavy atom. The van der Waals surface area contributed by atoms with Crippen molar-refractivity contribution < 1.29 is 27.8 Å². The number of hydrogen-bond acceptors (Lipinski definition) is 4. The van der Waals surface area contributed by atoms with Crippen molar-refractivity contribution in [2.24, 2.45) is 0 Å². The standard InChI is InChI=1S/C26H24F2N2O4/c1-3-14-34-24-16-17(12-13-23(24)33-2)15-18(25(31)29-21-10-6-4-8-19(21)27)26(32)30-22-11-7-5-9-20(22)28/h4-13,15-16H,3,14H2,1-2H3,(H,29,31)(H,30,32). The summed E-state index contributed by atoms with van der Waals surface area (Å²) < 4.78 is 39.1. The molecule has 3 aromatic rings. The molecule has 0 heterocycles. The van der Waals surface area contributed by atoms with Crippen LogP contribution in [-0.2, 0) is 9.59 Å². The van der Waals surface area contributed by atoms with Crippen molar-refractivity contribution in [3.05, 3.63) is 89.5 Å². The van der Waals surface area contributed by atoms with Crippen molar-refractivity contribution in [2.45, 2.75) is 13.3 Å². The maximum atomic E-state index is 14.1. The van der Waals surface area contributed by atoms with E-state index in [9.17, 15) is 18.4 Å². The van der Waals surface area contributed by atoms with Gasteiger partial charge >= 0.3 is 0 Å². The number of amides is 2. The van der Waals surface area contributed by atoms with Gasteiger partial charge in [0.05, 0.1) is 25.1 Å². The molecule has 0 saturated carbocycles. The zero-order valence-corrected chi connectivity index (χ0v) is 18.7. The van der Waals surface area contributed by atoms with Crippen molar-refractivity contribution in [1.29, 1.82) is 0 Å². The van der Waals surface area contributed by atoms with E-state index in [1.165, 1.54) is 49.6 Å². The van der Waals surface area contributed by atoms with Gasteiger partial charge in [-0.1, -0.05) is 37.3 Å². The average molecular weight is 466 g/mol. The largest absolute Gasteiger partial charge is 0.493 e. The number of ether oxygens (including phenoxy) is 2. The summed E-state index contributed by atoms with van der Waals surface area (Å²) >= 11 is 0. The molecule has 0 aliphatic heterocycles. The Bertz CT molecular complexity index is 1150. The molecule has 176 valence electrons. The summed E-state index contributed by atoms with van der Waals surface area (Å²) in [6, 6.07) is 16.0. The predicted molar refractivity (Wildman–Crippen MR) is 127 cm³/mol. The molecule has 0 saturated heterocycles. The highest BCUT2D eigenvalue weighted by Crippen LogP contribution is 2.29. The average Bonchev–Trinajstić information content (AvgIpc) is 2.84. The number of rotatable bonds is 9.